The molecule has 2 N–H and O–H groups in total. The van der Waals surface area contributed by atoms with Crippen LogP contribution in [0.25, 0.3) is 0 Å². The summed E-state index contributed by atoms with van der Waals surface area (Å²) in [5.74, 6) is -0.254. The summed E-state index contributed by atoms with van der Waals surface area (Å²) >= 11 is 12.9. The number of amides is 1. The predicted octanol–water partition coefficient (Wildman–Crippen LogP) is 3.20. The highest BCUT2D eigenvalue weighted by atomic mass is 35.5. The number of H-pyrrole nitrogens is 1. The van der Waals surface area contributed by atoms with Crippen LogP contribution in [0.15, 0.2) is 40.4 Å². The Balaban J connectivity index is 2.04. The van der Waals surface area contributed by atoms with Gasteiger partial charge in [0.2, 0.25) is 5.91 Å². The molecule has 5 nitrogen and oxygen atoms in total. The Labute approximate surface area is 135 Å². The lowest BCUT2D eigenvalue weighted by atomic mass is 10.3. The van der Waals surface area contributed by atoms with Gasteiger partial charge in [0.1, 0.15) is 0 Å². The minimum atomic E-state index is -0.456. The van der Waals surface area contributed by atoms with E-state index in [0.29, 0.717) is 20.9 Å². The van der Waals surface area contributed by atoms with Gasteiger partial charge in [-0.25, -0.2) is 4.98 Å². The number of anilines is 1. The van der Waals surface area contributed by atoms with Crippen molar-refractivity contribution < 1.29 is 4.79 Å². The second-order valence-corrected chi connectivity index (χ2v) is 6.29. The summed E-state index contributed by atoms with van der Waals surface area (Å²) in [5, 5.41) is 3.48. The number of aromatic amines is 1. The van der Waals surface area contributed by atoms with E-state index < -0.39 is 5.25 Å². The molecule has 0 saturated heterocycles. The molecule has 0 aliphatic carbocycles. The molecular weight excluding hydrogens is 333 g/mol. The molecule has 1 amide bonds. The maximum Gasteiger partial charge on any atom is 0.251 e. The van der Waals surface area contributed by atoms with Crippen LogP contribution in [0, 0.1) is 0 Å². The molecule has 110 valence electrons. The SMILES string of the molecule is C[C@H](Sc1nccc(=O)[nH]1)C(=O)Nc1ccc(Cl)cc1Cl. The Morgan fingerprint density at radius 2 is 2.14 bits per heavy atom. The van der Waals surface area contributed by atoms with Crippen LogP contribution in [-0.2, 0) is 4.79 Å². The Kier molecular flexibility index (Phi) is 5.27. The average Bonchev–Trinajstić information content (AvgIpc) is 2.41. The molecule has 1 heterocycles. The van der Waals surface area contributed by atoms with Crippen molar-refractivity contribution >= 4 is 46.6 Å². The zero-order valence-electron chi connectivity index (χ0n) is 10.9. The third-order valence-electron chi connectivity index (χ3n) is 2.49. The summed E-state index contributed by atoms with van der Waals surface area (Å²) in [5.41, 5.74) is 0.217. The van der Waals surface area contributed by atoms with Crippen molar-refractivity contribution in [3.8, 4) is 0 Å². The van der Waals surface area contributed by atoms with Crippen molar-refractivity contribution in [1.82, 2.24) is 9.97 Å². The van der Waals surface area contributed by atoms with Gasteiger partial charge in [0.15, 0.2) is 5.16 Å². The zero-order chi connectivity index (χ0) is 15.4. The maximum absolute atomic E-state index is 12.1. The first-order valence-electron chi connectivity index (χ1n) is 5.93. The topological polar surface area (TPSA) is 74.8 Å². The Morgan fingerprint density at radius 1 is 1.38 bits per heavy atom. The minimum Gasteiger partial charge on any atom is -0.324 e. The molecule has 1 aromatic carbocycles. The first kappa shape index (κ1) is 15.9. The lowest BCUT2D eigenvalue weighted by Crippen LogP contribution is -2.23. The van der Waals surface area contributed by atoms with Gasteiger partial charge in [-0.3, -0.25) is 9.59 Å². The van der Waals surface area contributed by atoms with Gasteiger partial charge in [-0.05, 0) is 25.1 Å². The molecule has 0 aliphatic heterocycles. The van der Waals surface area contributed by atoms with E-state index in [4.69, 9.17) is 23.2 Å². The Hall–Kier alpha value is -1.50. The van der Waals surface area contributed by atoms with E-state index in [-0.39, 0.29) is 11.5 Å². The van der Waals surface area contributed by atoms with Crippen LogP contribution >= 0.6 is 35.0 Å². The number of thioether (sulfide) groups is 1. The first-order valence-corrected chi connectivity index (χ1v) is 7.57. The molecule has 0 unspecified atom stereocenters. The number of hydrogen-bond acceptors (Lipinski definition) is 4. The van der Waals surface area contributed by atoms with Crippen LogP contribution in [0.5, 0.6) is 0 Å². The third-order valence-corrected chi connectivity index (χ3v) is 4.04. The third kappa shape index (κ3) is 4.49. The van der Waals surface area contributed by atoms with Gasteiger partial charge < -0.3 is 10.3 Å². The molecule has 2 aromatic rings. The van der Waals surface area contributed by atoms with Gasteiger partial charge in [0, 0.05) is 17.3 Å². The number of halogens is 2. The van der Waals surface area contributed by atoms with Gasteiger partial charge in [0.25, 0.3) is 5.56 Å². The van der Waals surface area contributed by atoms with Gasteiger partial charge in [-0.15, -0.1) is 0 Å². The number of nitrogens with zero attached hydrogens (tertiary/aromatic N) is 1. The second-order valence-electron chi connectivity index (χ2n) is 4.11. The van der Waals surface area contributed by atoms with Crippen molar-refractivity contribution in [3.63, 3.8) is 0 Å². The fourth-order valence-corrected chi connectivity index (χ4v) is 2.70. The molecule has 0 fully saturated rings. The standard InChI is InChI=1S/C13H11Cl2N3O2S/c1-7(21-13-16-5-4-11(19)18-13)12(20)17-10-3-2-8(14)6-9(10)15/h2-7H,1H3,(H,17,20)(H,16,18,19)/t7-/m0/s1. The van der Waals surface area contributed by atoms with Crippen molar-refractivity contribution in [2.75, 3.05) is 5.32 Å². The molecule has 0 aliphatic rings. The minimum absolute atomic E-state index is 0.254. The molecule has 0 spiro atoms. The molecular formula is C13H11Cl2N3O2S. The number of rotatable bonds is 4. The van der Waals surface area contributed by atoms with Gasteiger partial charge in [-0.1, -0.05) is 35.0 Å². The summed E-state index contributed by atoms with van der Waals surface area (Å²) in [7, 11) is 0. The van der Waals surface area contributed by atoms with Crippen LogP contribution < -0.4 is 10.9 Å². The van der Waals surface area contributed by atoms with E-state index in [1.807, 2.05) is 0 Å². The summed E-state index contributed by atoms with van der Waals surface area (Å²) in [6.45, 7) is 1.71. The van der Waals surface area contributed by atoms with E-state index in [1.165, 1.54) is 12.3 Å². The lowest BCUT2D eigenvalue weighted by molar-refractivity contribution is -0.115. The van der Waals surface area contributed by atoms with Crippen LogP contribution in [0.3, 0.4) is 0 Å². The van der Waals surface area contributed by atoms with E-state index in [2.05, 4.69) is 15.3 Å². The molecule has 0 bridgehead atoms. The van der Waals surface area contributed by atoms with E-state index in [9.17, 15) is 9.59 Å². The fraction of sp³-hybridized carbons (Fsp3) is 0.154. The Bertz CT molecular complexity index is 721. The quantitative estimate of drug-likeness (QED) is 0.660. The van der Waals surface area contributed by atoms with Crippen molar-refractivity contribution in [1.29, 1.82) is 0 Å². The molecule has 1 atom stereocenters. The van der Waals surface area contributed by atoms with Crippen molar-refractivity contribution in [3.05, 3.63) is 50.9 Å². The zero-order valence-corrected chi connectivity index (χ0v) is 13.2. The first-order chi connectivity index (χ1) is 9.95. The maximum atomic E-state index is 12.1. The normalized spacial score (nSPS) is 12.0. The van der Waals surface area contributed by atoms with Crippen LogP contribution in [0.4, 0.5) is 5.69 Å². The van der Waals surface area contributed by atoms with Crippen molar-refractivity contribution in [2.24, 2.45) is 0 Å². The highest BCUT2D eigenvalue weighted by Gasteiger charge is 2.16. The molecule has 0 radical (unpaired) electrons. The monoisotopic (exact) mass is 343 g/mol. The smallest absolute Gasteiger partial charge is 0.251 e. The number of aromatic nitrogens is 2. The van der Waals surface area contributed by atoms with E-state index in [0.717, 1.165) is 11.8 Å². The fourth-order valence-electron chi connectivity index (χ4n) is 1.46. The highest BCUT2D eigenvalue weighted by Crippen LogP contribution is 2.26. The summed E-state index contributed by atoms with van der Waals surface area (Å²) < 4.78 is 0. The molecule has 8 heteroatoms. The number of benzene rings is 1. The predicted molar refractivity (Wildman–Crippen MR) is 85.3 cm³/mol. The second kappa shape index (κ2) is 6.98. The lowest BCUT2D eigenvalue weighted by Gasteiger charge is -2.12. The van der Waals surface area contributed by atoms with Gasteiger partial charge in [-0.2, -0.15) is 0 Å². The summed E-state index contributed by atoms with van der Waals surface area (Å²) in [6, 6.07) is 6.12. The molecule has 21 heavy (non-hydrogen) atoms. The average molecular weight is 344 g/mol. The van der Waals surface area contributed by atoms with E-state index in [1.54, 1.807) is 25.1 Å². The summed E-state index contributed by atoms with van der Waals surface area (Å²) in [4.78, 5) is 29.8. The number of carbonyl (C=O) groups excluding carboxylic acids is 1. The van der Waals surface area contributed by atoms with Crippen LogP contribution in [0.1, 0.15) is 6.92 Å². The van der Waals surface area contributed by atoms with Crippen molar-refractivity contribution in [2.45, 2.75) is 17.3 Å². The number of carbonyl (C=O) groups is 1. The van der Waals surface area contributed by atoms with Gasteiger partial charge in [0.05, 0.1) is 16.0 Å². The number of nitrogens with one attached hydrogen (secondary N) is 2. The largest absolute Gasteiger partial charge is 0.324 e. The van der Waals surface area contributed by atoms with Gasteiger partial charge >= 0.3 is 0 Å². The molecule has 2 rings (SSSR count). The van der Waals surface area contributed by atoms with Crippen LogP contribution in [-0.4, -0.2) is 21.1 Å². The van der Waals surface area contributed by atoms with E-state index >= 15 is 0 Å². The Morgan fingerprint density at radius 3 is 2.81 bits per heavy atom. The molecule has 1 aromatic heterocycles. The molecule has 0 saturated carbocycles. The summed E-state index contributed by atoms with van der Waals surface area (Å²) in [6.07, 6.45) is 1.39. The highest BCUT2D eigenvalue weighted by molar-refractivity contribution is 8.00. The van der Waals surface area contributed by atoms with Crippen LogP contribution in [0.2, 0.25) is 10.0 Å². The number of hydrogen-bond donors (Lipinski definition) is 2.